The first-order chi connectivity index (χ1) is 9.79. The molecule has 5 nitrogen and oxygen atoms in total. The second-order valence-electron chi connectivity index (χ2n) is 5.53. The Morgan fingerprint density at radius 3 is 3.05 bits per heavy atom. The van der Waals surface area contributed by atoms with Crippen LogP contribution in [0, 0.1) is 0 Å². The molecule has 2 aromatic rings. The zero-order valence-electron chi connectivity index (χ0n) is 11.1. The van der Waals surface area contributed by atoms with E-state index in [0.717, 1.165) is 42.9 Å². The number of aryl methyl sites for hydroxylation is 1. The van der Waals surface area contributed by atoms with Crippen LogP contribution < -0.4 is 4.74 Å². The maximum Gasteiger partial charge on any atom is 0.229 e. The molecule has 0 aliphatic heterocycles. The molecule has 1 aromatic carbocycles. The molecular weight excluding hydrogens is 256 g/mol. The van der Waals surface area contributed by atoms with E-state index in [2.05, 4.69) is 10.1 Å². The van der Waals surface area contributed by atoms with Gasteiger partial charge in [-0.15, -0.1) is 0 Å². The van der Waals surface area contributed by atoms with Crippen LogP contribution in [-0.4, -0.2) is 15.2 Å². The molecule has 1 saturated carbocycles. The lowest BCUT2D eigenvalue weighted by Gasteiger charge is -2.07. The quantitative estimate of drug-likeness (QED) is 0.926. The summed E-state index contributed by atoms with van der Waals surface area (Å²) in [5.41, 5.74) is 2.19. The standard InChI is InChI=1S/C15H16N2O3/c18-13-6-3-10-7-11(4-5-12(10)13)19-8-14-16-15(20-17-14)9-1-2-9/h4-5,7,9,13,18H,1-3,6,8H2. The summed E-state index contributed by atoms with van der Waals surface area (Å²) < 4.78 is 10.9. The third kappa shape index (κ3) is 2.18. The predicted octanol–water partition coefficient (Wildman–Crippen LogP) is 2.51. The van der Waals surface area contributed by atoms with Crippen LogP contribution in [0.2, 0.25) is 0 Å². The van der Waals surface area contributed by atoms with Crippen LogP contribution in [0.25, 0.3) is 0 Å². The molecule has 1 atom stereocenters. The van der Waals surface area contributed by atoms with E-state index in [0.29, 0.717) is 18.3 Å². The number of aliphatic hydroxyl groups is 1. The molecule has 20 heavy (non-hydrogen) atoms. The van der Waals surface area contributed by atoms with Gasteiger partial charge in [0, 0.05) is 5.92 Å². The summed E-state index contributed by atoms with van der Waals surface area (Å²) in [6, 6.07) is 5.82. The summed E-state index contributed by atoms with van der Waals surface area (Å²) >= 11 is 0. The van der Waals surface area contributed by atoms with Crippen LogP contribution in [0.15, 0.2) is 22.7 Å². The van der Waals surface area contributed by atoms with E-state index >= 15 is 0 Å². The average Bonchev–Trinajstić information content (AvgIpc) is 3.10. The lowest BCUT2D eigenvalue weighted by atomic mass is 10.1. The van der Waals surface area contributed by atoms with E-state index in [1.807, 2.05) is 18.2 Å². The van der Waals surface area contributed by atoms with Crippen molar-refractivity contribution < 1.29 is 14.4 Å². The molecule has 5 heteroatoms. The summed E-state index contributed by atoms with van der Waals surface area (Å²) in [7, 11) is 0. The van der Waals surface area contributed by atoms with Gasteiger partial charge in [-0.1, -0.05) is 11.2 Å². The highest BCUT2D eigenvalue weighted by atomic mass is 16.5. The Kier molecular flexibility index (Phi) is 2.73. The normalized spacial score (nSPS) is 20.9. The van der Waals surface area contributed by atoms with Crippen molar-refractivity contribution in [1.82, 2.24) is 10.1 Å². The van der Waals surface area contributed by atoms with Crippen LogP contribution in [0.3, 0.4) is 0 Å². The molecule has 0 amide bonds. The maximum atomic E-state index is 9.77. The average molecular weight is 272 g/mol. The van der Waals surface area contributed by atoms with Gasteiger partial charge in [-0.3, -0.25) is 0 Å². The van der Waals surface area contributed by atoms with Crippen LogP contribution >= 0.6 is 0 Å². The van der Waals surface area contributed by atoms with Gasteiger partial charge in [-0.2, -0.15) is 4.98 Å². The smallest absolute Gasteiger partial charge is 0.229 e. The summed E-state index contributed by atoms with van der Waals surface area (Å²) in [5, 5.41) is 13.7. The number of hydrogen-bond donors (Lipinski definition) is 1. The first-order valence-corrected chi connectivity index (χ1v) is 7.06. The Balaban J connectivity index is 1.43. The summed E-state index contributed by atoms with van der Waals surface area (Å²) in [6.45, 7) is 0.317. The molecule has 2 aliphatic carbocycles. The van der Waals surface area contributed by atoms with Crippen LogP contribution in [0.1, 0.15) is 54.1 Å². The van der Waals surface area contributed by atoms with E-state index in [4.69, 9.17) is 9.26 Å². The fraction of sp³-hybridized carbons (Fsp3) is 0.467. The minimum atomic E-state index is -0.322. The molecule has 1 fully saturated rings. The number of aliphatic hydroxyl groups excluding tert-OH is 1. The summed E-state index contributed by atoms with van der Waals surface area (Å²) in [5.74, 6) is 2.58. The third-order valence-electron chi connectivity index (χ3n) is 3.94. The molecular formula is C15H16N2O3. The van der Waals surface area contributed by atoms with Crippen molar-refractivity contribution in [3.05, 3.63) is 41.0 Å². The number of hydrogen-bond acceptors (Lipinski definition) is 5. The first kappa shape index (κ1) is 11.9. The zero-order chi connectivity index (χ0) is 13.5. The lowest BCUT2D eigenvalue weighted by Crippen LogP contribution is -1.98. The van der Waals surface area contributed by atoms with E-state index in [9.17, 15) is 5.11 Å². The molecule has 1 unspecified atom stereocenters. The fourth-order valence-electron chi connectivity index (χ4n) is 2.63. The third-order valence-corrected chi connectivity index (χ3v) is 3.94. The molecule has 1 heterocycles. The Hall–Kier alpha value is -1.88. The molecule has 1 N–H and O–H groups in total. The highest BCUT2D eigenvalue weighted by molar-refractivity contribution is 5.39. The van der Waals surface area contributed by atoms with E-state index in [1.165, 1.54) is 5.56 Å². The Morgan fingerprint density at radius 1 is 1.30 bits per heavy atom. The second kappa shape index (κ2) is 4.59. The lowest BCUT2D eigenvalue weighted by molar-refractivity contribution is 0.180. The van der Waals surface area contributed by atoms with Gasteiger partial charge in [0.25, 0.3) is 0 Å². The highest BCUT2D eigenvalue weighted by Gasteiger charge is 2.29. The number of rotatable bonds is 4. The number of aromatic nitrogens is 2. The van der Waals surface area contributed by atoms with Crippen LogP contribution in [0.4, 0.5) is 0 Å². The van der Waals surface area contributed by atoms with Crippen LogP contribution in [-0.2, 0) is 13.0 Å². The van der Waals surface area contributed by atoms with Gasteiger partial charge in [-0.05, 0) is 48.9 Å². The van der Waals surface area contributed by atoms with Gasteiger partial charge in [0.15, 0.2) is 6.61 Å². The summed E-state index contributed by atoms with van der Waals surface area (Å²) in [6.07, 6.45) is 3.68. The molecule has 1 aromatic heterocycles. The minimum Gasteiger partial charge on any atom is -0.485 e. The monoisotopic (exact) mass is 272 g/mol. The number of benzene rings is 1. The molecule has 0 bridgehead atoms. The van der Waals surface area contributed by atoms with E-state index in [1.54, 1.807) is 0 Å². The van der Waals surface area contributed by atoms with Gasteiger partial charge < -0.3 is 14.4 Å². The molecule has 2 aliphatic rings. The van der Waals surface area contributed by atoms with Crippen molar-refractivity contribution >= 4 is 0 Å². The van der Waals surface area contributed by atoms with E-state index in [-0.39, 0.29) is 6.10 Å². The Bertz CT molecular complexity index is 634. The SMILES string of the molecule is OC1CCc2cc(OCc3noc(C4CC4)n3)ccc21. The van der Waals surface area contributed by atoms with Gasteiger partial charge in [-0.25, -0.2) is 0 Å². The van der Waals surface area contributed by atoms with E-state index < -0.39 is 0 Å². The number of fused-ring (bicyclic) bond motifs is 1. The van der Waals surface area contributed by atoms with Gasteiger partial charge in [0.1, 0.15) is 5.75 Å². The van der Waals surface area contributed by atoms with Crippen molar-refractivity contribution in [2.45, 2.75) is 44.3 Å². The van der Waals surface area contributed by atoms with Crippen LogP contribution in [0.5, 0.6) is 5.75 Å². The Morgan fingerprint density at radius 2 is 2.20 bits per heavy atom. The van der Waals surface area contributed by atoms with Crippen molar-refractivity contribution in [3.63, 3.8) is 0 Å². The molecule has 104 valence electrons. The van der Waals surface area contributed by atoms with Gasteiger partial charge in [0.2, 0.25) is 11.7 Å². The molecule has 4 rings (SSSR count). The van der Waals surface area contributed by atoms with Crippen molar-refractivity contribution in [1.29, 1.82) is 0 Å². The largest absolute Gasteiger partial charge is 0.485 e. The minimum absolute atomic E-state index is 0.317. The van der Waals surface area contributed by atoms with Crippen molar-refractivity contribution in [2.75, 3.05) is 0 Å². The highest BCUT2D eigenvalue weighted by Crippen LogP contribution is 2.39. The molecule has 0 saturated heterocycles. The topological polar surface area (TPSA) is 68.4 Å². The fourth-order valence-corrected chi connectivity index (χ4v) is 2.63. The summed E-state index contributed by atoms with van der Waals surface area (Å²) in [4.78, 5) is 4.33. The molecule has 0 radical (unpaired) electrons. The molecule has 0 spiro atoms. The van der Waals surface area contributed by atoms with Gasteiger partial charge in [0.05, 0.1) is 6.10 Å². The zero-order valence-corrected chi connectivity index (χ0v) is 11.1. The second-order valence-corrected chi connectivity index (χ2v) is 5.53. The van der Waals surface area contributed by atoms with Crippen molar-refractivity contribution in [3.8, 4) is 5.75 Å². The first-order valence-electron chi connectivity index (χ1n) is 7.06. The van der Waals surface area contributed by atoms with Crippen molar-refractivity contribution in [2.24, 2.45) is 0 Å². The number of nitrogens with zero attached hydrogens (tertiary/aromatic N) is 2. The maximum absolute atomic E-state index is 9.77. The Labute approximate surface area is 116 Å². The number of ether oxygens (including phenoxy) is 1. The predicted molar refractivity (Wildman–Crippen MR) is 70.3 cm³/mol. The van der Waals surface area contributed by atoms with Gasteiger partial charge >= 0.3 is 0 Å².